The summed E-state index contributed by atoms with van der Waals surface area (Å²) in [4.78, 5) is 26.5. The van der Waals surface area contributed by atoms with E-state index < -0.39 is 0 Å². The van der Waals surface area contributed by atoms with Gasteiger partial charge in [0.15, 0.2) is 0 Å². The number of fused-ring (bicyclic) bond motifs is 1. The highest BCUT2D eigenvalue weighted by Gasteiger charge is 2.16. The molecule has 0 saturated carbocycles. The standard InChI is InChI=1S/C15H18N2O2S/c18-14(16-7-3-1-2-4-8-16)11-17-9-5-13-12(15(17)19)6-10-20-13/h5-6,9-10H,1-4,7-8,11H2. The van der Waals surface area contributed by atoms with Gasteiger partial charge in [-0.1, -0.05) is 12.8 Å². The number of pyridine rings is 1. The molecule has 3 rings (SSSR count). The average Bonchev–Trinajstić information content (AvgIpc) is 2.76. The highest BCUT2D eigenvalue weighted by atomic mass is 32.1. The second-order valence-electron chi connectivity index (χ2n) is 5.24. The minimum atomic E-state index is -0.0630. The third-order valence-corrected chi connectivity index (χ3v) is 4.74. The van der Waals surface area contributed by atoms with Crippen molar-refractivity contribution in [1.29, 1.82) is 0 Å². The summed E-state index contributed by atoms with van der Waals surface area (Å²) in [5.74, 6) is 0.0589. The number of rotatable bonds is 2. The van der Waals surface area contributed by atoms with Crippen LogP contribution >= 0.6 is 11.3 Å². The van der Waals surface area contributed by atoms with Gasteiger partial charge in [0.1, 0.15) is 6.54 Å². The fourth-order valence-electron chi connectivity index (χ4n) is 2.70. The van der Waals surface area contributed by atoms with Crippen molar-refractivity contribution in [2.24, 2.45) is 0 Å². The first kappa shape index (κ1) is 13.4. The van der Waals surface area contributed by atoms with E-state index in [0.29, 0.717) is 5.39 Å². The molecule has 1 aliphatic heterocycles. The predicted molar refractivity (Wildman–Crippen MR) is 81.1 cm³/mol. The zero-order chi connectivity index (χ0) is 13.9. The molecule has 0 spiro atoms. The van der Waals surface area contributed by atoms with Crippen LogP contribution in [-0.4, -0.2) is 28.5 Å². The fraction of sp³-hybridized carbons (Fsp3) is 0.467. The van der Waals surface area contributed by atoms with E-state index in [1.807, 2.05) is 22.4 Å². The molecule has 20 heavy (non-hydrogen) atoms. The molecule has 1 aliphatic rings. The van der Waals surface area contributed by atoms with Gasteiger partial charge < -0.3 is 9.47 Å². The summed E-state index contributed by atoms with van der Waals surface area (Å²) in [7, 11) is 0. The molecule has 5 heteroatoms. The van der Waals surface area contributed by atoms with Gasteiger partial charge >= 0.3 is 0 Å². The Morgan fingerprint density at radius 3 is 2.65 bits per heavy atom. The van der Waals surface area contributed by atoms with Crippen molar-refractivity contribution in [3.8, 4) is 0 Å². The number of aromatic nitrogens is 1. The van der Waals surface area contributed by atoms with Gasteiger partial charge in [0.05, 0.1) is 5.39 Å². The molecule has 0 radical (unpaired) electrons. The number of likely N-dealkylation sites (tertiary alicyclic amines) is 1. The van der Waals surface area contributed by atoms with Crippen LogP contribution in [0.4, 0.5) is 0 Å². The summed E-state index contributed by atoms with van der Waals surface area (Å²) in [5, 5.41) is 2.62. The first-order chi connectivity index (χ1) is 9.75. The summed E-state index contributed by atoms with van der Waals surface area (Å²) < 4.78 is 2.51. The quantitative estimate of drug-likeness (QED) is 0.852. The number of hydrogen-bond donors (Lipinski definition) is 0. The highest BCUT2D eigenvalue weighted by molar-refractivity contribution is 7.17. The Balaban J connectivity index is 1.79. The average molecular weight is 290 g/mol. The molecular weight excluding hydrogens is 272 g/mol. The fourth-order valence-corrected chi connectivity index (χ4v) is 3.47. The van der Waals surface area contributed by atoms with Gasteiger partial charge in [0.25, 0.3) is 5.56 Å². The lowest BCUT2D eigenvalue weighted by Crippen LogP contribution is -2.36. The van der Waals surface area contributed by atoms with Crippen LogP contribution in [0.3, 0.4) is 0 Å². The van der Waals surface area contributed by atoms with Crippen LogP contribution in [0, 0.1) is 0 Å². The highest BCUT2D eigenvalue weighted by Crippen LogP contribution is 2.16. The van der Waals surface area contributed by atoms with E-state index in [-0.39, 0.29) is 18.0 Å². The van der Waals surface area contributed by atoms with Crippen LogP contribution < -0.4 is 5.56 Å². The van der Waals surface area contributed by atoms with Crippen molar-refractivity contribution in [1.82, 2.24) is 9.47 Å². The van der Waals surface area contributed by atoms with E-state index >= 15 is 0 Å². The first-order valence-corrected chi connectivity index (χ1v) is 7.98. The summed E-state index contributed by atoms with van der Waals surface area (Å²) in [6, 6.07) is 3.74. The smallest absolute Gasteiger partial charge is 0.259 e. The van der Waals surface area contributed by atoms with Crippen LogP contribution in [0.5, 0.6) is 0 Å². The number of thiophene rings is 1. The number of carbonyl (C=O) groups is 1. The molecule has 0 aliphatic carbocycles. The molecule has 1 saturated heterocycles. The van der Waals surface area contributed by atoms with E-state index in [2.05, 4.69) is 0 Å². The van der Waals surface area contributed by atoms with E-state index in [1.165, 1.54) is 17.4 Å². The van der Waals surface area contributed by atoms with E-state index in [4.69, 9.17) is 0 Å². The molecule has 4 nitrogen and oxygen atoms in total. The molecule has 2 aromatic heterocycles. The molecule has 106 valence electrons. The molecule has 0 aromatic carbocycles. The summed E-state index contributed by atoms with van der Waals surface area (Å²) in [6.07, 6.45) is 6.28. The number of amides is 1. The minimum absolute atomic E-state index is 0.0589. The molecule has 0 atom stereocenters. The number of carbonyl (C=O) groups excluding carboxylic acids is 1. The van der Waals surface area contributed by atoms with Crippen molar-refractivity contribution < 1.29 is 4.79 Å². The van der Waals surface area contributed by atoms with Crippen LogP contribution in [-0.2, 0) is 11.3 Å². The summed E-state index contributed by atoms with van der Waals surface area (Å²) >= 11 is 1.55. The normalized spacial score (nSPS) is 16.3. The Morgan fingerprint density at radius 1 is 1.15 bits per heavy atom. The third-order valence-electron chi connectivity index (χ3n) is 3.86. The van der Waals surface area contributed by atoms with Crippen molar-refractivity contribution in [3.63, 3.8) is 0 Å². The Hall–Kier alpha value is -1.62. The molecular formula is C15H18N2O2S. The van der Waals surface area contributed by atoms with Crippen LogP contribution in [0.25, 0.3) is 10.1 Å². The van der Waals surface area contributed by atoms with Crippen molar-refractivity contribution in [2.75, 3.05) is 13.1 Å². The zero-order valence-corrected chi connectivity index (χ0v) is 12.2. The second-order valence-corrected chi connectivity index (χ2v) is 6.19. The van der Waals surface area contributed by atoms with E-state index in [9.17, 15) is 9.59 Å². The van der Waals surface area contributed by atoms with Gasteiger partial charge in [-0.25, -0.2) is 0 Å². The molecule has 1 amide bonds. The van der Waals surface area contributed by atoms with Crippen LogP contribution in [0.1, 0.15) is 25.7 Å². The van der Waals surface area contributed by atoms with Gasteiger partial charge in [0.2, 0.25) is 5.91 Å². The van der Waals surface area contributed by atoms with Gasteiger partial charge in [-0.05, 0) is 30.4 Å². The molecule has 1 fully saturated rings. The molecule has 3 heterocycles. The zero-order valence-electron chi connectivity index (χ0n) is 11.4. The largest absolute Gasteiger partial charge is 0.341 e. The van der Waals surface area contributed by atoms with Crippen LogP contribution in [0.2, 0.25) is 0 Å². The lowest BCUT2D eigenvalue weighted by Gasteiger charge is -2.20. The third kappa shape index (κ3) is 2.63. The molecule has 0 bridgehead atoms. The molecule has 0 N–H and O–H groups in total. The number of hydrogen-bond acceptors (Lipinski definition) is 3. The van der Waals surface area contributed by atoms with Crippen molar-refractivity contribution in [3.05, 3.63) is 34.1 Å². The Labute approximate surface area is 121 Å². The molecule has 0 unspecified atom stereocenters. The Kier molecular flexibility index (Phi) is 3.87. The lowest BCUT2D eigenvalue weighted by atomic mass is 10.2. The first-order valence-electron chi connectivity index (χ1n) is 7.10. The SMILES string of the molecule is O=C(Cn1ccc2sccc2c1=O)N1CCCCCC1. The van der Waals surface area contributed by atoms with Gasteiger partial charge in [0, 0.05) is 24.0 Å². The topological polar surface area (TPSA) is 42.3 Å². The maximum absolute atomic E-state index is 12.3. The lowest BCUT2D eigenvalue weighted by molar-refractivity contribution is -0.131. The van der Waals surface area contributed by atoms with Crippen molar-refractivity contribution >= 4 is 27.3 Å². The number of nitrogens with zero attached hydrogens (tertiary/aromatic N) is 2. The van der Waals surface area contributed by atoms with Crippen molar-refractivity contribution in [2.45, 2.75) is 32.2 Å². The monoisotopic (exact) mass is 290 g/mol. The summed E-state index contributed by atoms with van der Waals surface area (Å²) in [6.45, 7) is 1.81. The van der Waals surface area contributed by atoms with Gasteiger partial charge in [-0.3, -0.25) is 9.59 Å². The van der Waals surface area contributed by atoms with E-state index in [1.54, 1.807) is 17.5 Å². The van der Waals surface area contributed by atoms with E-state index in [0.717, 1.165) is 30.6 Å². The summed E-state index contributed by atoms with van der Waals surface area (Å²) in [5.41, 5.74) is -0.0630. The second kappa shape index (κ2) is 5.79. The van der Waals surface area contributed by atoms with Gasteiger partial charge in [-0.15, -0.1) is 11.3 Å². The Bertz CT molecular complexity index is 666. The molecule has 2 aromatic rings. The minimum Gasteiger partial charge on any atom is -0.341 e. The predicted octanol–water partition coefficient (Wildman–Crippen LogP) is 2.47. The van der Waals surface area contributed by atoms with Crippen LogP contribution in [0.15, 0.2) is 28.5 Å². The maximum Gasteiger partial charge on any atom is 0.259 e. The van der Waals surface area contributed by atoms with Gasteiger partial charge in [-0.2, -0.15) is 0 Å². The Morgan fingerprint density at radius 2 is 1.90 bits per heavy atom. The maximum atomic E-state index is 12.3.